The first-order valence-corrected chi connectivity index (χ1v) is 6.66. The molecule has 0 saturated heterocycles. The molecule has 0 aliphatic rings. The molecule has 0 bridgehead atoms. The molecule has 0 fully saturated rings. The van der Waals surface area contributed by atoms with E-state index in [0.29, 0.717) is 10.7 Å². The van der Waals surface area contributed by atoms with Crippen molar-refractivity contribution in [1.82, 2.24) is 4.98 Å². The molecule has 0 aliphatic carbocycles. The van der Waals surface area contributed by atoms with E-state index in [1.807, 2.05) is 0 Å². The van der Waals surface area contributed by atoms with Crippen LogP contribution in [0.25, 0.3) is 6.08 Å². The molecule has 18 heavy (non-hydrogen) atoms. The second kappa shape index (κ2) is 5.88. The Balaban J connectivity index is 2.06. The molecule has 0 spiro atoms. The van der Waals surface area contributed by atoms with E-state index in [-0.39, 0.29) is 11.7 Å². The van der Waals surface area contributed by atoms with Gasteiger partial charge in [0, 0.05) is 27.7 Å². The van der Waals surface area contributed by atoms with Crippen LogP contribution in [0.3, 0.4) is 0 Å². The van der Waals surface area contributed by atoms with Gasteiger partial charge in [0.05, 0.1) is 0 Å². The monoisotopic (exact) mass is 326 g/mol. The van der Waals surface area contributed by atoms with Gasteiger partial charge in [-0.25, -0.2) is 9.37 Å². The van der Waals surface area contributed by atoms with Crippen LogP contribution in [0.5, 0.6) is 0 Å². The van der Waals surface area contributed by atoms with Gasteiger partial charge in [-0.1, -0.05) is 15.9 Å². The summed E-state index contributed by atoms with van der Waals surface area (Å²) in [5, 5.41) is 4.84. The van der Waals surface area contributed by atoms with Crippen LogP contribution in [-0.4, -0.2) is 10.9 Å². The van der Waals surface area contributed by atoms with Gasteiger partial charge in [0.15, 0.2) is 5.13 Å². The van der Waals surface area contributed by atoms with E-state index in [4.69, 9.17) is 0 Å². The van der Waals surface area contributed by atoms with E-state index in [9.17, 15) is 9.18 Å². The molecule has 1 aromatic carbocycles. The zero-order valence-electron chi connectivity index (χ0n) is 9.06. The highest BCUT2D eigenvalue weighted by Crippen LogP contribution is 2.17. The van der Waals surface area contributed by atoms with Crippen LogP contribution in [0.15, 0.2) is 40.3 Å². The molecule has 6 heteroatoms. The molecule has 1 amide bonds. The third-order valence-corrected chi connectivity index (χ3v) is 3.22. The van der Waals surface area contributed by atoms with Crippen LogP contribution in [0.1, 0.15) is 5.56 Å². The maximum Gasteiger partial charge on any atom is 0.250 e. The topological polar surface area (TPSA) is 42.0 Å². The Bertz CT molecular complexity index is 584. The zero-order chi connectivity index (χ0) is 13.0. The van der Waals surface area contributed by atoms with Gasteiger partial charge in [-0.15, -0.1) is 11.3 Å². The smallest absolute Gasteiger partial charge is 0.250 e. The zero-order valence-corrected chi connectivity index (χ0v) is 11.5. The summed E-state index contributed by atoms with van der Waals surface area (Å²) in [7, 11) is 0. The normalized spacial score (nSPS) is 10.8. The van der Waals surface area contributed by atoms with Gasteiger partial charge in [0.25, 0.3) is 0 Å². The quantitative estimate of drug-likeness (QED) is 0.874. The molecule has 0 aliphatic heterocycles. The first-order chi connectivity index (χ1) is 8.65. The number of anilines is 1. The molecule has 0 atom stereocenters. The van der Waals surface area contributed by atoms with Crippen molar-refractivity contribution in [1.29, 1.82) is 0 Å². The Morgan fingerprint density at radius 2 is 2.33 bits per heavy atom. The number of nitrogens with zero attached hydrogens (tertiary/aromatic N) is 1. The number of hydrogen-bond donors (Lipinski definition) is 1. The highest BCUT2D eigenvalue weighted by Gasteiger charge is 2.02. The van der Waals surface area contributed by atoms with Crippen molar-refractivity contribution < 1.29 is 9.18 Å². The molecule has 3 nitrogen and oxygen atoms in total. The summed E-state index contributed by atoms with van der Waals surface area (Å²) in [5.74, 6) is -0.721. The summed E-state index contributed by atoms with van der Waals surface area (Å²) in [4.78, 5) is 15.4. The number of carbonyl (C=O) groups is 1. The maximum atomic E-state index is 13.4. The predicted molar refractivity (Wildman–Crippen MR) is 73.9 cm³/mol. The highest BCUT2D eigenvalue weighted by molar-refractivity contribution is 9.10. The molecular weight excluding hydrogens is 319 g/mol. The fourth-order valence-electron chi connectivity index (χ4n) is 1.24. The third kappa shape index (κ3) is 3.48. The predicted octanol–water partition coefficient (Wildman–Crippen LogP) is 3.70. The van der Waals surface area contributed by atoms with Gasteiger partial charge in [0.1, 0.15) is 5.82 Å². The van der Waals surface area contributed by atoms with Crippen molar-refractivity contribution in [3.63, 3.8) is 0 Å². The van der Waals surface area contributed by atoms with Crippen LogP contribution in [0, 0.1) is 5.82 Å². The van der Waals surface area contributed by atoms with E-state index in [0.717, 1.165) is 4.47 Å². The Hall–Kier alpha value is -1.53. The third-order valence-electron chi connectivity index (χ3n) is 2.03. The van der Waals surface area contributed by atoms with E-state index < -0.39 is 0 Å². The van der Waals surface area contributed by atoms with Crippen molar-refractivity contribution >= 4 is 44.4 Å². The van der Waals surface area contributed by atoms with Crippen molar-refractivity contribution in [2.45, 2.75) is 0 Å². The van der Waals surface area contributed by atoms with Crippen molar-refractivity contribution in [3.05, 3.63) is 51.7 Å². The lowest BCUT2D eigenvalue weighted by molar-refractivity contribution is -0.111. The molecular formula is C12H8BrFN2OS. The van der Waals surface area contributed by atoms with Gasteiger partial charge in [-0.3, -0.25) is 10.1 Å². The number of rotatable bonds is 3. The lowest BCUT2D eigenvalue weighted by atomic mass is 10.2. The average Bonchev–Trinajstić information content (AvgIpc) is 2.83. The SMILES string of the molecule is O=C(/C=C/c1cc(Br)ccc1F)Nc1nccs1. The fraction of sp³-hybridized carbons (Fsp3) is 0. The average molecular weight is 327 g/mol. The minimum absolute atomic E-state index is 0.343. The van der Waals surface area contributed by atoms with Gasteiger partial charge < -0.3 is 0 Å². The Morgan fingerprint density at radius 1 is 1.50 bits per heavy atom. The van der Waals surface area contributed by atoms with Gasteiger partial charge in [0.2, 0.25) is 5.91 Å². The minimum Gasteiger partial charge on any atom is -0.298 e. The summed E-state index contributed by atoms with van der Waals surface area (Å²) in [6, 6.07) is 4.54. The summed E-state index contributed by atoms with van der Waals surface area (Å²) in [5.41, 5.74) is 0.346. The Kier molecular flexibility index (Phi) is 4.22. The molecule has 92 valence electrons. The van der Waals surface area contributed by atoms with E-state index in [1.54, 1.807) is 23.7 Å². The Morgan fingerprint density at radius 3 is 3.06 bits per heavy atom. The van der Waals surface area contributed by atoms with Gasteiger partial charge in [-0.2, -0.15) is 0 Å². The number of amides is 1. The second-order valence-corrected chi connectivity index (χ2v) is 5.14. The lowest BCUT2D eigenvalue weighted by Crippen LogP contribution is -2.07. The molecule has 1 N–H and O–H groups in total. The number of carbonyl (C=O) groups excluding carboxylic acids is 1. The second-order valence-electron chi connectivity index (χ2n) is 3.33. The van der Waals surface area contributed by atoms with Crippen LogP contribution in [0.2, 0.25) is 0 Å². The standard InChI is InChI=1S/C12H8BrFN2OS/c13-9-2-3-10(14)8(7-9)1-4-11(17)16-12-15-5-6-18-12/h1-7H,(H,15,16,17)/b4-1+. The van der Waals surface area contributed by atoms with Gasteiger partial charge in [-0.05, 0) is 24.3 Å². The highest BCUT2D eigenvalue weighted by atomic mass is 79.9. The molecule has 0 unspecified atom stereocenters. The van der Waals surface area contributed by atoms with Crippen LogP contribution in [0.4, 0.5) is 9.52 Å². The lowest BCUT2D eigenvalue weighted by Gasteiger charge is -1.98. The van der Waals surface area contributed by atoms with Gasteiger partial charge >= 0.3 is 0 Å². The molecule has 0 radical (unpaired) electrons. The fourth-order valence-corrected chi connectivity index (χ4v) is 2.15. The number of benzene rings is 1. The number of thiazole rings is 1. The van der Waals surface area contributed by atoms with E-state index in [2.05, 4.69) is 26.2 Å². The van der Waals surface area contributed by atoms with Crippen LogP contribution in [-0.2, 0) is 4.79 Å². The Labute approximate surface area is 115 Å². The van der Waals surface area contributed by atoms with Crippen molar-refractivity contribution in [2.24, 2.45) is 0 Å². The summed E-state index contributed by atoms with van der Waals surface area (Å²) < 4.78 is 14.1. The number of aromatic nitrogens is 1. The number of halogens is 2. The minimum atomic E-state index is -0.378. The van der Waals surface area contributed by atoms with Crippen LogP contribution < -0.4 is 5.32 Å². The molecule has 0 saturated carbocycles. The summed E-state index contributed by atoms with van der Waals surface area (Å²) in [6.45, 7) is 0. The van der Waals surface area contributed by atoms with E-state index >= 15 is 0 Å². The first-order valence-electron chi connectivity index (χ1n) is 4.99. The number of nitrogens with one attached hydrogen (secondary N) is 1. The molecule has 1 heterocycles. The first kappa shape index (κ1) is 12.9. The van der Waals surface area contributed by atoms with Crippen LogP contribution >= 0.6 is 27.3 Å². The molecule has 2 rings (SSSR count). The van der Waals surface area contributed by atoms with Crippen molar-refractivity contribution in [3.8, 4) is 0 Å². The largest absolute Gasteiger partial charge is 0.298 e. The number of hydrogen-bond acceptors (Lipinski definition) is 3. The van der Waals surface area contributed by atoms with E-state index in [1.165, 1.54) is 29.6 Å². The maximum absolute atomic E-state index is 13.4. The summed E-state index contributed by atoms with van der Waals surface area (Å²) >= 11 is 4.56. The van der Waals surface area contributed by atoms with Crippen molar-refractivity contribution in [2.75, 3.05) is 5.32 Å². The summed E-state index contributed by atoms with van der Waals surface area (Å²) in [6.07, 6.45) is 4.28. The molecule has 1 aromatic heterocycles. The molecule has 2 aromatic rings.